The van der Waals surface area contributed by atoms with Crippen LogP contribution in [0.4, 0.5) is 14.5 Å². The van der Waals surface area contributed by atoms with Crippen molar-refractivity contribution < 1.29 is 13.6 Å². The largest absolute Gasteiger partial charge is 0.325 e. The number of nitrogens with zero attached hydrogens (tertiary/aromatic N) is 1. The van der Waals surface area contributed by atoms with Gasteiger partial charge in [0.05, 0.1) is 6.54 Å². The first kappa shape index (κ1) is 14.1. The summed E-state index contributed by atoms with van der Waals surface area (Å²) in [5.74, 6) is -2.27. The van der Waals surface area contributed by atoms with Crippen molar-refractivity contribution in [2.75, 3.05) is 11.9 Å². The highest BCUT2D eigenvalue weighted by Crippen LogP contribution is 2.12. The maximum absolute atomic E-state index is 13.0. The zero-order chi connectivity index (χ0) is 14.4. The number of amides is 1. The summed E-state index contributed by atoms with van der Waals surface area (Å²) in [4.78, 5) is 15.5. The molecule has 0 aliphatic carbocycles. The van der Waals surface area contributed by atoms with Crippen LogP contribution in [0.1, 0.15) is 5.56 Å². The van der Waals surface area contributed by atoms with Crippen LogP contribution in [-0.4, -0.2) is 17.4 Å². The number of carbonyl (C=O) groups is 1. The predicted octanol–water partition coefficient (Wildman–Crippen LogP) is 2.09. The van der Waals surface area contributed by atoms with E-state index in [2.05, 4.69) is 15.6 Å². The first-order chi connectivity index (χ1) is 9.65. The number of rotatable bonds is 5. The lowest BCUT2D eigenvalue weighted by Gasteiger charge is -2.07. The number of benzene rings is 1. The van der Waals surface area contributed by atoms with Crippen molar-refractivity contribution in [2.24, 2.45) is 0 Å². The van der Waals surface area contributed by atoms with Gasteiger partial charge in [0.1, 0.15) is 0 Å². The second-order valence-corrected chi connectivity index (χ2v) is 4.14. The maximum atomic E-state index is 13.0. The highest BCUT2D eigenvalue weighted by Gasteiger charge is 2.05. The minimum absolute atomic E-state index is 0.0708. The molecule has 0 radical (unpaired) electrons. The van der Waals surface area contributed by atoms with Crippen LogP contribution in [0.2, 0.25) is 0 Å². The van der Waals surface area contributed by atoms with E-state index in [0.717, 1.165) is 17.7 Å². The SMILES string of the molecule is O=C(CNCc1ccncc1)Nc1ccc(F)c(F)c1. The van der Waals surface area contributed by atoms with Crippen molar-refractivity contribution in [1.82, 2.24) is 10.3 Å². The lowest BCUT2D eigenvalue weighted by molar-refractivity contribution is -0.115. The normalized spacial score (nSPS) is 10.3. The third kappa shape index (κ3) is 4.10. The number of halogens is 2. The fraction of sp³-hybridized carbons (Fsp3) is 0.143. The fourth-order valence-corrected chi connectivity index (χ4v) is 1.60. The highest BCUT2D eigenvalue weighted by atomic mass is 19.2. The Kier molecular flexibility index (Phi) is 4.73. The van der Waals surface area contributed by atoms with Gasteiger partial charge in [-0.05, 0) is 29.8 Å². The molecule has 6 heteroatoms. The molecule has 2 aromatic rings. The fourth-order valence-electron chi connectivity index (χ4n) is 1.60. The molecule has 1 amide bonds. The summed E-state index contributed by atoms with van der Waals surface area (Å²) in [6, 6.07) is 6.88. The topological polar surface area (TPSA) is 54.0 Å². The first-order valence-corrected chi connectivity index (χ1v) is 5.99. The summed E-state index contributed by atoms with van der Waals surface area (Å²) in [7, 11) is 0. The minimum Gasteiger partial charge on any atom is -0.325 e. The van der Waals surface area contributed by atoms with Gasteiger partial charge in [0, 0.05) is 30.7 Å². The van der Waals surface area contributed by atoms with E-state index >= 15 is 0 Å². The molecule has 0 spiro atoms. The molecular weight excluding hydrogens is 264 g/mol. The molecule has 0 saturated carbocycles. The number of hydrogen-bond donors (Lipinski definition) is 2. The molecule has 2 N–H and O–H groups in total. The van der Waals surface area contributed by atoms with Crippen LogP contribution in [0.3, 0.4) is 0 Å². The van der Waals surface area contributed by atoms with E-state index in [1.807, 2.05) is 12.1 Å². The molecule has 104 valence electrons. The Morgan fingerprint density at radius 3 is 2.55 bits per heavy atom. The van der Waals surface area contributed by atoms with Gasteiger partial charge in [-0.25, -0.2) is 8.78 Å². The zero-order valence-electron chi connectivity index (χ0n) is 10.6. The molecule has 4 nitrogen and oxygen atoms in total. The van der Waals surface area contributed by atoms with Gasteiger partial charge < -0.3 is 10.6 Å². The number of aromatic nitrogens is 1. The summed E-state index contributed by atoms with van der Waals surface area (Å²) < 4.78 is 25.7. The van der Waals surface area contributed by atoms with Gasteiger partial charge in [0.25, 0.3) is 0 Å². The summed E-state index contributed by atoms with van der Waals surface area (Å²) in [5, 5.41) is 5.42. The molecule has 1 heterocycles. The van der Waals surface area contributed by atoms with Crippen LogP contribution >= 0.6 is 0 Å². The average Bonchev–Trinajstić information content (AvgIpc) is 2.44. The van der Waals surface area contributed by atoms with E-state index in [4.69, 9.17) is 0 Å². The van der Waals surface area contributed by atoms with Crippen LogP contribution in [0.15, 0.2) is 42.7 Å². The summed E-state index contributed by atoms with van der Waals surface area (Å²) in [6.45, 7) is 0.592. The lowest BCUT2D eigenvalue weighted by atomic mass is 10.2. The Morgan fingerprint density at radius 2 is 1.85 bits per heavy atom. The molecule has 0 aliphatic heterocycles. The minimum atomic E-state index is -0.993. The number of hydrogen-bond acceptors (Lipinski definition) is 3. The summed E-state index contributed by atoms with van der Waals surface area (Å²) in [6.07, 6.45) is 3.33. The smallest absolute Gasteiger partial charge is 0.238 e. The van der Waals surface area contributed by atoms with Gasteiger partial charge in [-0.2, -0.15) is 0 Å². The van der Waals surface area contributed by atoms with Crippen LogP contribution in [0.5, 0.6) is 0 Å². The molecule has 0 aliphatic rings. The third-order valence-corrected chi connectivity index (χ3v) is 2.57. The second kappa shape index (κ2) is 6.72. The van der Waals surface area contributed by atoms with Crippen molar-refractivity contribution in [2.45, 2.75) is 6.54 Å². The number of anilines is 1. The predicted molar refractivity (Wildman–Crippen MR) is 70.9 cm³/mol. The van der Waals surface area contributed by atoms with Crippen LogP contribution in [0.25, 0.3) is 0 Å². The van der Waals surface area contributed by atoms with E-state index < -0.39 is 11.6 Å². The molecule has 0 saturated heterocycles. The molecule has 1 aromatic carbocycles. The molecule has 0 atom stereocenters. The number of nitrogens with one attached hydrogen (secondary N) is 2. The van der Waals surface area contributed by atoms with Crippen molar-refractivity contribution in [3.05, 3.63) is 59.9 Å². The van der Waals surface area contributed by atoms with Crippen LogP contribution < -0.4 is 10.6 Å². The van der Waals surface area contributed by atoms with Crippen molar-refractivity contribution in [1.29, 1.82) is 0 Å². The maximum Gasteiger partial charge on any atom is 0.238 e. The second-order valence-electron chi connectivity index (χ2n) is 4.14. The Bertz CT molecular complexity index is 590. The van der Waals surface area contributed by atoms with Gasteiger partial charge in [0.2, 0.25) is 5.91 Å². The van der Waals surface area contributed by atoms with Gasteiger partial charge in [-0.1, -0.05) is 0 Å². The monoisotopic (exact) mass is 277 g/mol. The van der Waals surface area contributed by atoms with E-state index in [9.17, 15) is 13.6 Å². The van der Waals surface area contributed by atoms with E-state index in [-0.39, 0.29) is 18.1 Å². The third-order valence-electron chi connectivity index (χ3n) is 2.57. The Morgan fingerprint density at radius 1 is 1.10 bits per heavy atom. The summed E-state index contributed by atoms with van der Waals surface area (Å²) >= 11 is 0. The average molecular weight is 277 g/mol. The van der Waals surface area contributed by atoms with E-state index in [1.54, 1.807) is 12.4 Å². The van der Waals surface area contributed by atoms with Gasteiger partial charge >= 0.3 is 0 Å². The highest BCUT2D eigenvalue weighted by molar-refractivity contribution is 5.92. The van der Waals surface area contributed by atoms with Crippen molar-refractivity contribution >= 4 is 11.6 Å². The first-order valence-electron chi connectivity index (χ1n) is 5.99. The molecular formula is C14H13F2N3O. The lowest BCUT2D eigenvalue weighted by Crippen LogP contribution is -2.27. The van der Waals surface area contributed by atoms with Crippen LogP contribution in [-0.2, 0) is 11.3 Å². The molecule has 0 fully saturated rings. The molecule has 2 rings (SSSR count). The zero-order valence-corrected chi connectivity index (χ0v) is 10.6. The molecule has 20 heavy (non-hydrogen) atoms. The van der Waals surface area contributed by atoms with E-state index in [0.29, 0.717) is 6.54 Å². The van der Waals surface area contributed by atoms with Gasteiger partial charge in [0.15, 0.2) is 11.6 Å². The van der Waals surface area contributed by atoms with Crippen molar-refractivity contribution in [3.8, 4) is 0 Å². The standard InChI is InChI=1S/C14H13F2N3O/c15-12-2-1-11(7-13(12)16)19-14(20)9-18-8-10-3-5-17-6-4-10/h1-7,18H,8-9H2,(H,19,20). The number of pyridine rings is 1. The Hall–Kier alpha value is -2.34. The molecule has 1 aromatic heterocycles. The Labute approximate surface area is 114 Å². The molecule has 0 unspecified atom stereocenters. The Balaban J connectivity index is 1.79. The van der Waals surface area contributed by atoms with E-state index in [1.165, 1.54) is 6.07 Å². The van der Waals surface area contributed by atoms with Crippen LogP contribution in [0, 0.1) is 11.6 Å². The van der Waals surface area contributed by atoms with Gasteiger partial charge in [-0.3, -0.25) is 9.78 Å². The molecule has 0 bridgehead atoms. The van der Waals surface area contributed by atoms with Crippen molar-refractivity contribution in [3.63, 3.8) is 0 Å². The summed E-state index contributed by atoms with van der Waals surface area (Å²) in [5.41, 5.74) is 1.22. The quantitative estimate of drug-likeness (QED) is 0.880. The number of carbonyl (C=O) groups excluding carboxylic acids is 1. The van der Waals surface area contributed by atoms with Gasteiger partial charge in [-0.15, -0.1) is 0 Å².